The average molecular weight is 241 g/mol. The monoisotopic (exact) mass is 241 g/mol. The topological polar surface area (TPSA) is 108 Å². The van der Waals surface area contributed by atoms with E-state index in [1.807, 2.05) is 0 Å². The summed E-state index contributed by atoms with van der Waals surface area (Å²) in [4.78, 5) is 2.59. The maximum Gasteiger partial charge on any atom is 0.214 e. The van der Waals surface area contributed by atoms with Crippen molar-refractivity contribution in [3.8, 4) is 0 Å². The van der Waals surface area contributed by atoms with Crippen LogP contribution < -0.4 is 4.91 Å². The van der Waals surface area contributed by atoms with E-state index in [9.17, 15) is 13.0 Å². The van der Waals surface area contributed by atoms with Gasteiger partial charge in [0.2, 0.25) is 4.91 Å². The molecule has 1 aromatic carbocycles. The van der Waals surface area contributed by atoms with Gasteiger partial charge in [-0.1, -0.05) is 17.7 Å². The minimum Gasteiger partial charge on any atom is -0.744 e. The quantitative estimate of drug-likeness (QED) is 0.482. The molecule has 7 heteroatoms. The fraction of sp³-hybridized carbons (Fsp3) is 0.333. The summed E-state index contributed by atoms with van der Waals surface area (Å²) in [5.74, 6) is 0. The smallest absolute Gasteiger partial charge is 0.214 e. The largest absolute Gasteiger partial charge is 0.744 e. The van der Waals surface area contributed by atoms with Crippen molar-refractivity contribution in [2.75, 3.05) is 6.54 Å². The van der Waals surface area contributed by atoms with Gasteiger partial charge in [-0.3, -0.25) is 0 Å². The molecule has 0 aliphatic carbocycles. The first-order valence-electron chi connectivity index (χ1n) is 4.54. The van der Waals surface area contributed by atoms with Gasteiger partial charge in [0.1, 0.15) is 27.3 Å². The predicted octanol–water partition coefficient (Wildman–Crippen LogP) is 0.992. The van der Waals surface area contributed by atoms with E-state index in [0.29, 0.717) is 5.56 Å². The number of nitrogens with one attached hydrogen (secondary N) is 1. The molecule has 6 nitrogen and oxygen atoms in total. The minimum absolute atomic E-state index is 0.190. The molecule has 0 heterocycles. The van der Waals surface area contributed by atoms with Crippen molar-refractivity contribution in [2.45, 2.75) is 18.2 Å². The third kappa shape index (κ3) is 3.23. The van der Waals surface area contributed by atoms with Crippen LogP contribution in [-0.2, 0) is 16.5 Å². The van der Waals surface area contributed by atoms with Gasteiger partial charge in [0.15, 0.2) is 0 Å². The van der Waals surface area contributed by atoms with Gasteiger partial charge < -0.3 is 4.55 Å². The van der Waals surface area contributed by atoms with E-state index in [4.69, 9.17) is 5.53 Å². The second-order valence-electron chi connectivity index (χ2n) is 3.28. The highest BCUT2D eigenvalue weighted by molar-refractivity contribution is 7.85. The Morgan fingerprint density at radius 3 is 2.75 bits per heavy atom. The first kappa shape index (κ1) is 12.5. The van der Waals surface area contributed by atoms with Gasteiger partial charge in [0.25, 0.3) is 0 Å². The maximum atomic E-state index is 11.0. The highest BCUT2D eigenvalue weighted by atomic mass is 32.2. The molecular weight excluding hydrogens is 230 g/mol. The third-order valence-corrected chi connectivity index (χ3v) is 2.97. The molecule has 0 aromatic heterocycles. The van der Waals surface area contributed by atoms with E-state index in [1.165, 1.54) is 6.07 Å². The first-order valence-corrected chi connectivity index (χ1v) is 5.94. The Hall–Kier alpha value is -1.56. The molecule has 0 bridgehead atoms. The zero-order valence-electron chi connectivity index (χ0n) is 8.67. The molecule has 0 fully saturated rings. The number of rotatable bonds is 4. The summed E-state index contributed by atoms with van der Waals surface area (Å²) in [5, 5.41) is 3.41. The van der Waals surface area contributed by atoms with Crippen LogP contribution >= 0.6 is 0 Å². The SMILES string of the molecule is Cc1ccc(S(=O)(=O)[O-])c(CCN=[N+]=N)c1. The van der Waals surface area contributed by atoms with Crippen molar-refractivity contribution in [1.29, 1.82) is 5.53 Å². The normalized spacial score (nSPS) is 10.9. The van der Waals surface area contributed by atoms with Gasteiger partial charge in [-0.05, 0) is 18.6 Å². The fourth-order valence-corrected chi connectivity index (χ4v) is 2.08. The molecule has 0 unspecified atom stereocenters. The lowest BCUT2D eigenvalue weighted by Crippen LogP contribution is -2.05. The number of nitrogens with zero attached hydrogens (tertiary/aromatic N) is 2. The average Bonchev–Trinajstić information content (AvgIpc) is 2.16. The second-order valence-corrected chi connectivity index (χ2v) is 4.63. The van der Waals surface area contributed by atoms with Crippen molar-refractivity contribution >= 4 is 10.1 Å². The van der Waals surface area contributed by atoms with Gasteiger partial charge in [0.05, 0.1) is 4.90 Å². The number of aryl methyl sites for hydroxylation is 1. The van der Waals surface area contributed by atoms with Gasteiger partial charge in [-0.25, -0.2) is 8.42 Å². The van der Waals surface area contributed by atoms with E-state index in [1.54, 1.807) is 19.1 Å². The molecule has 0 saturated heterocycles. The molecule has 86 valence electrons. The van der Waals surface area contributed by atoms with Crippen molar-refractivity contribution in [3.05, 3.63) is 29.3 Å². The van der Waals surface area contributed by atoms with Crippen LogP contribution in [0.2, 0.25) is 0 Å². The summed E-state index contributed by atoms with van der Waals surface area (Å²) >= 11 is 0. The molecule has 0 spiro atoms. The lowest BCUT2D eigenvalue weighted by molar-refractivity contribution is 0.462. The molecule has 1 aromatic rings. The summed E-state index contributed by atoms with van der Waals surface area (Å²) < 4.78 is 32.9. The molecule has 0 aliphatic heterocycles. The molecule has 16 heavy (non-hydrogen) atoms. The Balaban J connectivity index is 3.13. The Labute approximate surface area is 93.3 Å². The molecule has 0 atom stereocenters. The second kappa shape index (κ2) is 4.98. The van der Waals surface area contributed by atoms with Crippen LogP contribution in [0.15, 0.2) is 28.2 Å². The van der Waals surface area contributed by atoms with Gasteiger partial charge in [-0.15, -0.1) is 0 Å². The predicted molar refractivity (Wildman–Crippen MR) is 55.0 cm³/mol. The summed E-state index contributed by atoms with van der Waals surface area (Å²) in [7, 11) is -4.46. The molecule has 0 aliphatic rings. The van der Waals surface area contributed by atoms with Crippen molar-refractivity contribution < 1.29 is 13.0 Å². The van der Waals surface area contributed by atoms with Crippen molar-refractivity contribution in [1.82, 2.24) is 4.91 Å². The highest BCUT2D eigenvalue weighted by Crippen LogP contribution is 2.17. The highest BCUT2D eigenvalue weighted by Gasteiger charge is 2.09. The van der Waals surface area contributed by atoms with Crippen molar-refractivity contribution in [3.63, 3.8) is 0 Å². The van der Waals surface area contributed by atoms with Gasteiger partial charge >= 0.3 is 0 Å². The lowest BCUT2D eigenvalue weighted by atomic mass is 10.1. The zero-order chi connectivity index (χ0) is 12.2. The van der Waals surface area contributed by atoms with Crippen LogP contribution in [0.25, 0.3) is 0 Å². The van der Waals surface area contributed by atoms with Crippen molar-refractivity contribution in [2.24, 2.45) is 5.11 Å². The van der Waals surface area contributed by atoms with E-state index in [2.05, 4.69) is 10.0 Å². The fourth-order valence-electron chi connectivity index (χ4n) is 1.37. The first-order chi connectivity index (χ1) is 7.45. The van der Waals surface area contributed by atoms with Crippen LogP contribution in [0.5, 0.6) is 0 Å². The Bertz CT molecular complexity index is 533. The number of benzene rings is 1. The lowest BCUT2D eigenvalue weighted by Gasteiger charge is -2.12. The van der Waals surface area contributed by atoms with Crippen LogP contribution in [0.4, 0.5) is 0 Å². The van der Waals surface area contributed by atoms with Gasteiger partial charge in [-0.2, -0.15) is 0 Å². The zero-order valence-corrected chi connectivity index (χ0v) is 9.49. The summed E-state index contributed by atoms with van der Waals surface area (Å²) in [6, 6.07) is 4.50. The molecule has 0 amide bonds. The standard InChI is InChI=1S/C9H11N3O3S/c1-7-2-3-9(16(13,14)15)8(6-7)4-5-11-12-10/h2-3,6,10H,4-5H2,1H3. The van der Waals surface area contributed by atoms with E-state index >= 15 is 0 Å². The molecule has 0 radical (unpaired) electrons. The van der Waals surface area contributed by atoms with E-state index in [0.717, 1.165) is 5.56 Å². The summed E-state index contributed by atoms with van der Waals surface area (Å²) in [6.45, 7) is 1.99. The summed E-state index contributed by atoms with van der Waals surface area (Å²) in [5.41, 5.74) is 7.75. The van der Waals surface area contributed by atoms with Crippen LogP contribution in [0.3, 0.4) is 0 Å². The third-order valence-electron chi connectivity index (χ3n) is 2.04. The maximum absolute atomic E-state index is 11.0. The van der Waals surface area contributed by atoms with Crippen LogP contribution in [-0.4, -0.2) is 19.5 Å². The minimum atomic E-state index is -4.46. The van der Waals surface area contributed by atoms with Gasteiger partial charge in [0, 0.05) is 6.42 Å². The molecular formula is C9H11N3O3S. The van der Waals surface area contributed by atoms with Crippen LogP contribution in [0.1, 0.15) is 11.1 Å². The summed E-state index contributed by atoms with van der Waals surface area (Å²) in [6.07, 6.45) is 0.279. The van der Waals surface area contributed by atoms with E-state index in [-0.39, 0.29) is 17.9 Å². The number of hydrogen-bond donors (Lipinski definition) is 1. The van der Waals surface area contributed by atoms with Crippen LogP contribution in [0, 0.1) is 12.5 Å². The number of hydrogen-bond acceptors (Lipinski definition) is 5. The Morgan fingerprint density at radius 1 is 1.50 bits per heavy atom. The Kier molecular flexibility index (Phi) is 3.89. The molecule has 0 saturated carbocycles. The van der Waals surface area contributed by atoms with E-state index < -0.39 is 10.1 Å². The Morgan fingerprint density at radius 2 is 2.19 bits per heavy atom. The molecule has 1 N–H and O–H groups in total. The molecule has 1 rings (SSSR count).